The molecular formula is C17H20FNO. The molecule has 2 nitrogen and oxygen atoms in total. The average molecular weight is 273 g/mol. The van der Waals surface area contributed by atoms with E-state index < -0.39 is 6.10 Å². The van der Waals surface area contributed by atoms with Gasteiger partial charge in [-0.15, -0.1) is 0 Å². The lowest BCUT2D eigenvalue weighted by Crippen LogP contribution is -2.20. The standard InChI is InChI=1S/C17H20FNO/c1-4-19(14-8-5-7-12(2)11-14)17-15(13(3)20)9-6-10-16(17)18/h5-11,13,20H,4H2,1-3H3/t13-/m1/s1. The Morgan fingerprint density at radius 2 is 1.90 bits per heavy atom. The Balaban J connectivity index is 2.57. The van der Waals surface area contributed by atoms with E-state index >= 15 is 0 Å². The lowest BCUT2D eigenvalue weighted by molar-refractivity contribution is 0.199. The van der Waals surface area contributed by atoms with Crippen molar-refractivity contribution in [3.05, 3.63) is 59.4 Å². The predicted molar refractivity (Wildman–Crippen MR) is 80.9 cm³/mol. The van der Waals surface area contributed by atoms with Crippen molar-refractivity contribution in [1.29, 1.82) is 0 Å². The van der Waals surface area contributed by atoms with Crippen molar-refractivity contribution in [1.82, 2.24) is 0 Å². The molecule has 3 heteroatoms. The van der Waals surface area contributed by atoms with Gasteiger partial charge in [-0.1, -0.05) is 24.3 Å². The number of para-hydroxylation sites is 1. The minimum Gasteiger partial charge on any atom is -0.389 e. The molecule has 2 aromatic rings. The molecule has 0 spiro atoms. The van der Waals surface area contributed by atoms with Gasteiger partial charge in [-0.2, -0.15) is 0 Å². The third kappa shape index (κ3) is 2.83. The molecule has 2 aromatic carbocycles. The maximum atomic E-state index is 14.3. The topological polar surface area (TPSA) is 23.5 Å². The average Bonchev–Trinajstić information content (AvgIpc) is 2.41. The number of rotatable bonds is 4. The van der Waals surface area contributed by atoms with Crippen molar-refractivity contribution in [2.24, 2.45) is 0 Å². The highest BCUT2D eigenvalue weighted by atomic mass is 19.1. The minimum absolute atomic E-state index is 0.313. The fourth-order valence-electron chi connectivity index (χ4n) is 2.42. The van der Waals surface area contributed by atoms with Crippen LogP contribution in [-0.4, -0.2) is 11.7 Å². The smallest absolute Gasteiger partial charge is 0.147 e. The van der Waals surface area contributed by atoms with Crippen LogP contribution in [0.5, 0.6) is 0 Å². The Hall–Kier alpha value is -1.87. The highest BCUT2D eigenvalue weighted by Crippen LogP contribution is 2.34. The number of halogens is 1. The number of anilines is 2. The number of nitrogens with zero attached hydrogens (tertiary/aromatic N) is 1. The molecule has 0 heterocycles. The van der Waals surface area contributed by atoms with E-state index in [1.54, 1.807) is 19.1 Å². The number of benzene rings is 2. The van der Waals surface area contributed by atoms with E-state index in [0.29, 0.717) is 17.8 Å². The Morgan fingerprint density at radius 1 is 1.20 bits per heavy atom. The van der Waals surface area contributed by atoms with Gasteiger partial charge in [0.25, 0.3) is 0 Å². The van der Waals surface area contributed by atoms with Crippen LogP contribution in [0.2, 0.25) is 0 Å². The summed E-state index contributed by atoms with van der Waals surface area (Å²) in [6.07, 6.45) is -0.709. The molecule has 0 saturated heterocycles. The number of aryl methyl sites for hydroxylation is 1. The first kappa shape index (κ1) is 14.5. The lowest BCUT2D eigenvalue weighted by atomic mass is 10.1. The summed E-state index contributed by atoms with van der Waals surface area (Å²) in [5.74, 6) is -0.313. The highest BCUT2D eigenvalue weighted by molar-refractivity contribution is 5.68. The second kappa shape index (κ2) is 6.06. The zero-order valence-electron chi connectivity index (χ0n) is 12.1. The van der Waals surface area contributed by atoms with Crippen LogP contribution in [0.15, 0.2) is 42.5 Å². The molecule has 0 amide bonds. The van der Waals surface area contributed by atoms with Gasteiger partial charge >= 0.3 is 0 Å². The predicted octanol–water partition coefficient (Wildman–Crippen LogP) is 4.35. The Kier molecular flexibility index (Phi) is 4.40. The van der Waals surface area contributed by atoms with Crippen molar-refractivity contribution in [2.75, 3.05) is 11.4 Å². The molecular weight excluding hydrogens is 253 g/mol. The normalized spacial score (nSPS) is 12.2. The van der Waals surface area contributed by atoms with Crippen LogP contribution in [0.25, 0.3) is 0 Å². The molecule has 106 valence electrons. The molecule has 0 bridgehead atoms. The van der Waals surface area contributed by atoms with Gasteiger partial charge in [-0.3, -0.25) is 0 Å². The van der Waals surface area contributed by atoms with E-state index in [-0.39, 0.29) is 5.82 Å². The molecule has 0 radical (unpaired) electrons. The summed E-state index contributed by atoms with van der Waals surface area (Å²) < 4.78 is 14.3. The third-order valence-electron chi connectivity index (χ3n) is 3.37. The van der Waals surface area contributed by atoms with E-state index in [4.69, 9.17) is 0 Å². The first-order valence-corrected chi connectivity index (χ1v) is 6.85. The van der Waals surface area contributed by atoms with Crippen LogP contribution in [0.4, 0.5) is 15.8 Å². The number of aliphatic hydroxyl groups is 1. The molecule has 2 rings (SSSR count). The maximum Gasteiger partial charge on any atom is 0.147 e. The molecule has 0 aliphatic rings. The summed E-state index contributed by atoms with van der Waals surface area (Å²) in [5, 5.41) is 9.88. The van der Waals surface area contributed by atoms with Gasteiger partial charge in [0.15, 0.2) is 0 Å². The van der Waals surface area contributed by atoms with Crippen molar-refractivity contribution < 1.29 is 9.50 Å². The van der Waals surface area contributed by atoms with Gasteiger partial charge < -0.3 is 10.0 Å². The molecule has 0 aliphatic carbocycles. The summed E-state index contributed by atoms with van der Waals surface area (Å²) in [5.41, 5.74) is 3.11. The lowest BCUT2D eigenvalue weighted by Gasteiger charge is -2.27. The van der Waals surface area contributed by atoms with E-state index in [9.17, 15) is 9.50 Å². The summed E-state index contributed by atoms with van der Waals surface area (Å²) >= 11 is 0. The third-order valence-corrected chi connectivity index (χ3v) is 3.37. The van der Waals surface area contributed by atoms with E-state index in [1.165, 1.54) is 6.07 Å². The highest BCUT2D eigenvalue weighted by Gasteiger charge is 2.19. The quantitative estimate of drug-likeness (QED) is 0.895. The van der Waals surface area contributed by atoms with Crippen molar-refractivity contribution >= 4 is 11.4 Å². The zero-order chi connectivity index (χ0) is 14.7. The van der Waals surface area contributed by atoms with Gasteiger partial charge in [0.05, 0.1) is 11.8 Å². The summed E-state index contributed by atoms with van der Waals surface area (Å²) in [6, 6.07) is 12.8. The summed E-state index contributed by atoms with van der Waals surface area (Å²) in [7, 11) is 0. The van der Waals surface area contributed by atoms with Crippen molar-refractivity contribution in [3.8, 4) is 0 Å². The molecule has 0 unspecified atom stereocenters. The molecule has 20 heavy (non-hydrogen) atoms. The fourth-order valence-corrected chi connectivity index (χ4v) is 2.42. The number of aliphatic hydroxyl groups excluding tert-OH is 1. The first-order chi connectivity index (χ1) is 9.54. The van der Waals surface area contributed by atoms with Gasteiger partial charge in [0.2, 0.25) is 0 Å². The van der Waals surface area contributed by atoms with E-state index in [2.05, 4.69) is 0 Å². The van der Waals surface area contributed by atoms with Crippen LogP contribution >= 0.6 is 0 Å². The van der Waals surface area contributed by atoms with Gasteiger partial charge in [-0.05, 0) is 44.5 Å². The molecule has 1 atom stereocenters. The van der Waals surface area contributed by atoms with Crippen molar-refractivity contribution in [2.45, 2.75) is 26.9 Å². The van der Waals surface area contributed by atoms with Crippen LogP contribution < -0.4 is 4.90 Å². The largest absolute Gasteiger partial charge is 0.389 e. The first-order valence-electron chi connectivity index (χ1n) is 6.85. The SMILES string of the molecule is CCN(c1cccc(C)c1)c1c(F)cccc1[C@@H](C)O. The Bertz CT molecular complexity index is 595. The zero-order valence-corrected chi connectivity index (χ0v) is 12.1. The Labute approximate surface area is 119 Å². The van der Waals surface area contributed by atoms with Crippen LogP contribution in [0, 0.1) is 12.7 Å². The summed E-state index contributed by atoms with van der Waals surface area (Å²) in [6.45, 7) is 6.27. The van der Waals surface area contributed by atoms with Crippen LogP contribution in [0.1, 0.15) is 31.1 Å². The maximum absolute atomic E-state index is 14.3. The van der Waals surface area contributed by atoms with E-state index in [1.807, 2.05) is 43.0 Å². The van der Waals surface area contributed by atoms with E-state index in [0.717, 1.165) is 11.3 Å². The fraction of sp³-hybridized carbons (Fsp3) is 0.294. The second-order valence-electron chi connectivity index (χ2n) is 4.94. The van der Waals surface area contributed by atoms with Crippen LogP contribution in [-0.2, 0) is 0 Å². The second-order valence-corrected chi connectivity index (χ2v) is 4.94. The Morgan fingerprint density at radius 3 is 2.50 bits per heavy atom. The monoisotopic (exact) mass is 273 g/mol. The molecule has 0 saturated carbocycles. The molecule has 1 N–H and O–H groups in total. The molecule has 0 aliphatic heterocycles. The van der Waals surface area contributed by atoms with Gasteiger partial charge in [0.1, 0.15) is 5.82 Å². The van der Waals surface area contributed by atoms with Crippen LogP contribution in [0.3, 0.4) is 0 Å². The van der Waals surface area contributed by atoms with Gasteiger partial charge in [-0.25, -0.2) is 4.39 Å². The summed E-state index contributed by atoms with van der Waals surface area (Å²) in [4.78, 5) is 1.89. The molecule has 0 aromatic heterocycles. The number of hydrogen-bond donors (Lipinski definition) is 1. The number of hydrogen-bond acceptors (Lipinski definition) is 2. The minimum atomic E-state index is -0.709. The molecule has 0 fully saturated rings. The van der Waals surface area contributed by atoms with Gasteiger partial charge in [0, 0.05) is 17.8 Å². The van der Waals surface area contributed by atoms with Crippen molar-refractivity contribution in [3.63, 3.8) is 0 Å².